The molecule has 4 aromatic rings. The van der Waals surface area contributed by atoms with Crippen LogP contribution < -0.4 is 4.74 Å². The van der Waals surface area contributed by atoms with E-state index in [1.807, 2.05) is 34.3 Å². The summed E-state index contributed by atoms with van der Waals surface area (Å²) in [6, 6.07) is 12.3. The maximum absolute atomic E-state index is 5.85. The maximum atomic E-state index is 5.85. The Morgan fingerprint density at radius 1 is 1.14 bits per heavy atom. The third-order valence-corrected chi connectivity index (χ3v) is 4.57. The van der Waals surface area contributed by atoms with Crippen LogP contribution in [0.1, 0.15) is 5.69 Å². The predicted molar refractivity (Wildman–Crippen MR) is 89.0 cm³/mol. The van der Waals surface area contributed by atoms with Crippen molar-refractivity contribution in [2.24, 2.45) is 0 Å². The average Bonchev–Trinajstić information content (AvgIpc) is 3.06. The third kappa shape index (κ3) is 2.54. The van der Waals surface area contributed by atoms with Gasteiger partial charge >= 0.3 is 0 Å². The molecule has 21 heavy (non-hydrogen) atoms. The molecule has 2 aromatic carbocycles. The first-order valence-corrected chi connectivity index (χ1v) is 8.18. The van der Waals surface area contributed by atoms with E-state index in [4.69, 9.17) is 4.74 Å². The zero-order chi connectivity index (χ0) is 14.2. The second-order valence-electron chi connectivity index (χ2n) is 4.77. The summed E-state index contributed by atoms with van der Waals surface area (Å²) in [5, 5.41) is 4.38. The number of hydrogen-bond donors (Lipinski definition) is 0. The number of thiazole rings is 1. The van der Waals surface area contributed by atoms with Gasteiger partial charge in [0.05, 0.1) is 5.69 Å². The zero-order valence-electron chi connectivity index (χ0n) is 11.0. The van der Waals surface area contributed by atoms with Crippen molar-refractivity contribution < 1.29 is 4.74 Å². The van der Waals surface area contributed by atoms with E-state index in [2.05, 4.69) is 45.2 Å². The number of benzene rings is 2. The quantitative estimate of drug-likeness (QED) is 0.521. The van der Waals surface area contributed by atoms with Crippen molar-refractivity contribution in [2.45, 2.75) is 6.61 Å². The van der Waals surface area contributed by atoms with Gasteiger partial charge in [-0.15, -0.1) is 11.3 Å². The van der Waals surface area contributed by atoms with Crippen LogP contribution in [0.4, 0.5) is 0 Å². The van der Waals surface area contributed by atoms with Gasteiger partial charge in [-0.25, -0.2) is 4.98 Å². The SMILES string of the molecule is Brc1ccc2cc(OCc3cn4ccsc4n3)ccc2c1. The number of halogens is 1. The molecule has 0 aliphatic heterocycles. The first-order valence-electron chi connectivity index (χ1n) is 6.51. The van der Waals surface area contributed by atoms with Gasteiger partial charge in [-0.2, -0.15) is 0 Å². The van der Waals surface area contributed by atoms with Gasteiger partial charge in [-0.05, 0) is 35.0 Å². The molecule has 0 spiro atoms. The van der Waals surface area contributed by atoms with Crippen LogP contribution in [0, 0.1) is 0 Å². The Balaban J connectivity index is 1.56. The molecule has 0 aliphatic carbocycles. The second-order valence-corrected chi connectivity index (χ2v) is 6.56. The molecule has 0 radical (unpaired) electrons. The summed E-state index contributed by atoms with van der Waals surface area (Å²) in [6.07, 6.45) is 4.01. The van der Waals surface area contributed by atoms with Crippen LogP contribution in [0.15, 0.2) is 58.6 Å². The molecule has 0 fully saturated rings. The summed E-state index contributed by atoms with van der Waals surface area (Å²) in [5.74, 6) is 0.862. The fraction of sp³-hybridized carbons (Fsp3) is 0.0625. The van der Waals surface area contributed by atoms with E-state index in [9.17, 15) is 0 Å². The number of hydrogen-bond acceptors (Lipinski definition) is 3. The molecule has 2 aromatic heterocycles. The second kappa shape index (κ2) is 5.16. The van der Waals surface area contributed by atoms with Gasteiger partial charge in [0.1, 0.15) is 12.4 Å². The lowest BCUT2D eigenvalue weighted by Crippen LogP contribution is -1.95. The Morgan fingerprint density at radius 3 is 2.90 bits per heavy atom. The highest BCUT2D eigenvalue weighted by Gasteiger charge is 2.04. The monoisotopic (exact) mass is 358 g/mol. The van der Waals surface area contributed by atoms with Gasteiger partial charge in [0, 0.05) is 22.2 Å². The van der Waals surface area contributed by atoms with Gasteiger partial charge in [0.15, 0.2) is 4.96 Å². The van der Waals surface area contributed by atoms with Crippen molar-refractivity contribution in [3.05, 3.63) is 64.3 Å². The van der Waals surface area contributed by atoms with Crippen LogP contribution in [0.25, 0.3) is 15.7 Å². The molecule has 0 saturated carbocycles. The van der Waals surface area contributed by atoms with Gasteiger partial charge in [-0.1, -0.05) is 28.1 Å². The van der Waals surface area contributed by atoms with Gasteiger partial charge in [0.2, 0.25) is 0 Å². The molecule has 3 nitrogen and oxygen atoms in total. The maximum Gasteiger partial charge on any atom is 0.193 e. The fourth-order valence-electron chi connectivity index (χ4n) is 2.29. The van der Waals surface area contributed by atoms with Crippen molar-refractivity contribution in [3.8, 4) is 5.75 Å². The molecule has 4 rings (SSSR count). The molecule has 0 unspecified atom stereocenters. The number of rotatable bonds is 3. The Kier molecular flexibility index (Phi) is 3.16. The highest BCUT2D eigenvalue weighted by molar-refractivity contribution is 9.10. The first kappa shape index (κ1) is 12.9. The summed E-state index contributed by atoms with van der Waals surface area (Å²) in [7, 11) is 0. The van der Waals surface area contributed by atoms with Crippen LogP contribution >= 0.6 is 27.3 Å². The van der Waals surface area contributed by atoms with Crippen LogP contribution in [-0.2, 0) is 6.61 Å². The molecule has 5 heteroatoms. The Morgan fingerprint density at radius 2 is 2.00 bits per heavy atom. The van der Waals surface area contributed by atoms with Crippen molar-refractivity contribution in [3.63, 3.8) is 0 Å². The summed E-state index contributed by atoms with van der Waals surface area (Å²) in [4.78, 5) is 5.51. The van der Waals surface area contributed by atoms with Crippen LogP contribution in [0.3, 0.4) is 0 Å². The number of aromatic nitrogens is 2. The van der Waals surface area contributed by atoms with Gasteiger partial charge < -0.3 is 4.74 Å². The number of fused-ring (bicyclic) bond motifs is 2. The third-order valence-electron chi connectivity index (χ3n) is 3.30. The molecule has 0 amide bonds. The van der Waals surface area contributed by atoms with Crippen LogP contribution in [-0.4, -0.2) is 9.38 Å². The van der Waals surface area contributed by atoms with E-state index in [1.165, 1.54) is 10.8 Å². The van der Waals surface area contributed by atoms with Crippen molar-refractivity contribution in [1.29, 1.82) is 0 Å². The first-order chi connectivity index (χ1) is 10.3. The van der Waals surface area contributed by atoms with Crippen molar-refractivity contribution in [2.75, 3.05) is 0 Å². The lowest BCUT2D eigenvalue weighted by molar-refractivity contribution is 0.302. The van der Waals surface area contributed by atoms with Gasteiger partial charge in [-0.3, -0.25) is 4.40 Å². The van der Waals surface area contributed by atoms with Gasteiger partial charge in [0.25, 0.3) is 0 Å². The molecular weight excluding hydrogens is 348 g/mol. The van der Waals surface area contributed by atoms with E-state index in [-0.39, 0.29) is 0 Å². The number of ether oxygens (including phenoxy) is 1. The molecule has 104 valence electrons. The van der Waals surface area contributed by atoms with Crippen LogP contribution in [0.5, 0.6) is 5.75 Å². The minimum atomic E-state index is 0.483. The molecule has 0 aliphatic rings. The molecule has 0 atom stereocenters. The Bertz CT molecular complexity index is 900. The van der Waals surface area contributed by atoms with E-state index in [1.54, 1.807) is 11.3 Å². The Labute approximate surface area is 133 Å². The molecule has 2 heterocycles. The minimum Gasteiger partial charge on any atom is -0.487 e. The number of imidazole rings is 1. The number of nitrogens with zero attached hydrogens (tertiary/aromatic N) is 2. The highest BCUT2D eigenvalue weighted by Crippen LogP contribution is 2.24. The standard InChI is InChI=1S/C16H11BrN2OS/c17-13-3-1-12-8-15(4-2-11(12)7-13)20-10-14-9-19-5-6-21-16(19)18-14/h1-9H,10H2. The average molecular weight is 359 g/mol. The normalized spacial score (nSPS) is 11.3. The smallest absolute Gasteiger partial charge is 0.193 e. The van der Waals surface area contributed by atoms with Crippen molar-refractivity contribution in [1.82, 2.24) is 9.38 Å². The molecule has 0 N–H and O–H groups in total. The van der Waals surface area contributed by atoms with E-state index < -0.39 is 0 Å². The summed E-state index contributed by atoms with van der Waals surface area (Å²) >= 11 is 5.11. The van der Waals surface area contributed by atoms with Crippen molar-refractivity contribution >= 4 is 43.0 Å². The van der Waals surface area contributed by atoms with E-state index in [0.29, 0.717) is 6.61 Å². The molecular formula is C16H11BrN2OS. The van der Waals surface area contributed by atoms with E-state index in [0.717, 1.165) is 20.9 Å². The predicted octanol–water partition coefficient (Wildman–Crippen LogP) is 4.89. The largest absolute Gasteiger partial charge is 0.487 e. The topological polar surface area (TPSA) is 26.5 Å². The summed E-state index contributed by atoms with van der Waals surface area (Å²) < 4.78 is 8.95. The summed E-state index contributed by atoms with van der Waals surface area (Å²) in [6.45, 7) is 0.483. The molecule has 0 saturated heterocycles. The zero-order valence-corrected chi connectivity index (χ0v) is 13.4. The van der Waals surface area contributed by atoms with Crippen LogP contribution in [0.2, 0.25) is 0 Å². The fourth-order valence-corrected chi connectivity index (χ4v) is 3.39. The van der Waals surface area contributed by atoms with E-state index >= 15 is 0 Å². The lowest BCUT2D eigenvalue weighted by atomic mass is 10.1. The minimum absolute atomic E-state index is 0.483. The highest BCUT2D eigenvalue weighted by atomic mass is 79.9. The lowest BCUT2D eigenvalue weighted by Gasteiger charge is -2.06. The molecule has 0 bridgehead atoms. The Hall–Kier alpha value is -1.85. The summed E-state index contributed by atoms with van der Waals surface area (Å²) in [5.41, 5.74) is 0.942.